The third kappa shape index (κ3) is 6.05. The van der Waals surface area contributed by atoms with Crippen molar-refractivity contribution in [3.05, 3.63) is 6.92 Å². The van der Waals surface area contributed by atoms with E-state index in [1.807, 2.05) is 0 Å². The molecule has 0 N–H and O–H groups in total. The summed E-state index contributed by atoms with van der Waals surface area (Å²) in [5.41, 5.74) is 0. The van der Waals surface area contributed by atoms with Crippen LogP contribution in [0.25, 0.3) is 0 Å². The van der Waals surface area contributed by atoms with Crippen molar-refractivity contribution in [2.24, 2.45) is 0 Å². The summed E-state index contributed by atoms with van der Waals surface area (Å²) < 4.78 is 1.03. The monoisotopic (exact) mass is 144 g/mol. The van der Waals surface area contributed by atoms with Crippen LogP contribution >= 0.6 is 0 Å². The van der Waals surface area contributed by atoms with Crippen molar-refractivity contribution in [3.8, 4) is 0 Å². The standard InChI is InChI=1S/C8H20N2/c1-6-9(2)7-8-10(3,4)5/h1,6-8H2,2-5H3/q+1. The predicted octanol–water partition coefficient (Wildman–Crippen LogP) is 0.458. The Bertz CT molecular complexity index is 83.7. The Morgan fingerprint density at radius 2 is 1.80 bits per heavy atom. The normalized spacial score (nSPS) is 12.6. The Morgan fingerprint density at radius 1 is 1.30 bits per heavy atom. The number of quaternary nitrogens is 1. The van der Waals surface area contributed by atoms with Gasteiger partial charge in [0.1, 0.15) is 0 Å². The van der Waals surface area contributed by atoms with Gasteiger partial charge < -0.3 is 9.38 Å². The molecule has 2 heteroatoms. The van der Waals surface area contributed by atoms with E-state index in [0.717, 1.165) is 17.6 Å². The van der Waals surface area contributed by atoms with Crippen LogP contribution < -0.4 is 0 Å². The highest BCUT2D eigenvalue weighted by molar-refractivity contribution is 4.50. The number of likely N-dealkylation sites (N-methyl/N-ethyl adjacent to an activating group) is 2. The molecule has 0 bridgehead atoms. The van der Waals surface area contributed by atoms with Gasteiger partial charge in [-0.1, -0.05) is 0 Å². The molecule has 10 heavy (non-hydrogen) atoms. The minimum absolute atomic E-state index is 0.903. The van der Waals surface area contributed by atoms with Gasteiger partial charge in [0.15, 0.2) is 0 Å². The van der Waals surface area contributed by atoms with E-state index >= 15 is 0 Å². The fourth-order valence-electron chi connectivity index (χ4n) is 0.583. The third-order valence-electron chi connectivity index (χ3n) is 1.53. The number of nitrogens with zero attached hydrogens (tertiary/aromatic N) is 2. The second kappa shape index (κ2) is 3.94. The number of rotatable bonds is 4. The van der Waals surface area contributed by atoms with Gasteiger partial charge in [-0.15, -0.1) is 0 Å². The molecule has 0 rings (SSSR count). The zero-order chi connectivity index (χ0) is 8.20. The fraction of sp³-hybridized carbons (Fsp3) is 0.875. The molecule has 0 aliphatic heterocycles. The minimum Gasteiger partial charge on any atom is -0.330 e. The van der Waals surface area contributed by atoms with E-state index in [0.29, 0.717) is 0 Å². The molecule has 2 nitrogen and oxygen atoms in total. The van der Waals surface area contributed by atoms with Gasteiger partial charge in [-0.05, 0) is 20.5 Å². The zero-order valence-electron chi connectivity index (χ0n) is 7.72. The molecule has 0 atom stereocenters. The summed E-state index contributed by atoms with van der Waals surface area (Å²) in [6.07, 6.45) is 0. The van der Waals surface area contributed by atoms with Gasteiger partial charge in [0.05, 0.1) is 27.7 Å². The molecule has 1 radical (unpaired) electrons. The van der Waals surface area contributed by atoms with Gasteiger partial charge in [0.2, 0.25) is 0 Å². The summed E-state index contributed by atoms with van der Waals surface area (Å²) in [5.74, 6) is 0. The van der Waals surface area contributed by atoms with Crippen LogP contribution in [0.3, 0.4) is 0 Å². The second-order valence-corrected chi connectivity index (χ2v) is 3.82. The van der Waals surface area contributed by atoms with Crippen LogP contribution in [-0.4, -0.2) is 57.2 Å². The van der Waals surface area contributed by atoms with E-state index in [1.54, 1.807) is 0 Å². The average molecular weight is 144 g/mol. The van der Waals surface area contributed by atoms with E-state index in [-0.39, 0.29) is 0 Å². The van der Waals surface area contributed by atoms with Gasteiger partial charge >= 0.3 is 0 Å². The Morgan fingerprint density at radius 3 is 2.10 bits per heavy atom. The largest absolute Gasteiger partial charge is 0.330 e. The first-order valence-corrected chi connectivity index (χ1v) is 3.74. The summed E-state index contributed by atoms with van der Waals surface area (Å²) in [4.78, 5) is 2.23. The lowest BCUT2D eigenvalue weighted by molar-refractivity contribution is -0.869. The maximum absolute atomic E-state index is 3.81. The van der Waals surface area contributed by atoms with Crippen LogP contribution in [-0.2, 0) is 0 Å². The molecular formula is C8H20N2+. The molecule has 0 aromatic rings. The molecule has 0 amide bonds. The Hall–Kier alpha value is -0.0800. The number of hydrogen-bond donors (Lipinski definition) is 0. The van der Waals surface area contributed by atoms with Gasteiger partial charge in [-0.2, -0.15) is 0 Å². The van der Waals surface area contributed by atoms with Crippen molar-refractivity contribution >= 4 is 0 Å². The highest BCUT2D eigenvalue weighted by Crippen LogP contribution is 1.90. The van der Waals surface area contributed by atoms with E-state index in [9.17, 15) is 0 Å². The molecule has 0 aliphatic carbocycles. The zero-order valence-corrected chi connectivity index (χ0v) is 7.72. The van der Waals surface area contributed by atoms with Crippen LogP contribution in [0.1, 0.15) is 0 Å². The maximum atomic E-state index is 3.81. The quantitative estimate of drug-likeness (QED) is 0.518. The van der Waals surface area contributed by atoms with Crippen molar-refractivity contribution in [1.82, 2.24) is 4.90 Å². The summed E-state index contributed by atoms with van der Waals surface area (Å²) in [6, 6.07) is 0. The summed E-state index contributed by atoms with van der Waals surface area (Å²) >= 11 is 0. The van der Waals surface area contributed by atoms with Gasteiger partial charge in [-0.25, -0.2) is 0 Å². The van der Waals surface area contributed by atoms with Crippen molar-refractivity contribution in [2.45, 2.75) is 0 Å². The van der Waals surface area contributed by atoms with E-state index in [1.165, 1.54) is 6.54 Å². The fourth-order valence-corrected chi connectivity index (χ4v) is 0.583. The van der Waals surface area contributed by atoms with E-state index in [2.05, 4.69) is 40.0 Å². The Kier molecular flexibility index (Phi) is 3.91. The molecule has 61 valence electrons. The van der Waals surface area contributed by atoms with E-state index < -0.39 is 0 Å². The van der Waals surface area contributed by atoms with Crippen LogP contribution in [0.15, 0.2) is 0 Å². The average Bonchev–Trinajstić information content (AvgIpc) is 1.81. The number of hydrogen-bond acceptors (Lipinski definition) is 1. The molecule has 0 unspecified atom stereocenters. The maximum Gasteiger partial charge on any atom is 0.0909 e. The highest BCUT2D eigenvalue weighted by atomic mass is 15.3. The van der Waals surface area contributed by atoms with Crippen molar-refractivity contribution in [1.29, 1.82) is 0 Å². The van der Waals surface area contributed by atoms with Crippen LogP contribution in [0.5, 0.6) is 0 Å². The first-order chi connectivity index (χ1) is 4.45. The molecule has 0 spiro atoms. The molecule has 0 fully saturated rings. The summed E-state index contributed by atoms with van der Waals surface area (Å²) in [7, 11) is 8.72. The molecule has 0 aromatic carbocycles. The third-order valence-corrected chi connectivity index (χ3v) is 1.53. The SMILES string of the molecule is [CH2]CN(C)CC[N+](C)(C)C. The molecule has 0 heterocycles. The Balaban J connectivity index is 3.36. The molecule has 0 aliphatic rings. The van der Waals surface area contributed by atoms with Crippen molar-refractivity contribution < 1.29 is 4.48 Å². The molecule has 0 saturated heterocycles. The van der Waals surface area contributed by atoms with Crippen molar-refractivity contribution in [3.63, 3.8) is 0 Å². The second-order valence-electron chi connectivity index (χ2n) is 3.82. The van der Waals surface area contributed by atoms with Gasteiger partial charge in [-0.3, -0.25) is 0 Å². The summed E-state index contributed by atoms with van der Waals surface area (Å²) in [6.45, 7) is 7.03. The smallest absolute Gasteiger partial charge is 0.0909 e. The predicted molar refractivity (Wildman–Crippen MR) is 45.8 cm³/mol. The lowest BCUT2D eigenvalue weighted by Gasteiger charge is -2.26. The van der Waals surface area contributed by atoms with Crippen LogP contribution in [0.4, 0.5) is 0 Å². The first kappa shape index (κ1) is 9.92. The minimum atomic E-state index is 0.903. The molecular weight excluding hydrogens is 124 g/mol. The lowest BCUT2D eigenvalue weighted by Crippen LogP contribution is -2.41. The van der Waals surface area contributed by atoms with Gasteiger partial charge in [0, 0.05) is 6.54 Å². The lowest BCUT2D eigenvalue weighted by atomic mass is 10.4. The highest BCUT2D eigenvalue weighted by Gasteiger charge is 2.06. The summed E-state index contributed by atoms with van der Waals surface area (Å²) in [5, 5.41) is 0. The first-order valence-electron chi connectivity index (χ1n) is 3.74. The van der Waals surface area contributed by atoms with Gasteiger partial charge in [0.25, 0.3) is 0 Å². The molecule has 0 aromatic heterocycles. The van der Waals surface area contributed by atoms with Crippen LogP contribution in [0, 0.1) is 6.92 Å². The van der Waals surface area contributed by atoms with E-state index in [4.69, 9.17) is 0 Å². The Labute approximate surface area is 65.0 Å². The van der Waals surface area contributed by atoms with Crippen LogP contribution in [0.2, 0.25) is 0 Å². The molecule has 0 saturated carbocycles. The van der Waals surface area contributed by atoms with Crippen molar-refractivity contribution in [2.75, 3.05) is 47.8 Å². The topological polar surface area (TPSA) is 3.24 Å².